The van der Waals surface area contributed by atoms with Gasteiger partial charge in [0.1, 0.15) is 0 Å². The standard InChI is InChI=1S/C22H42N2O5/c1-15(2)19(6-9-25)29-16-12-20(28-11-8-24(4)7-10-27-5)17-13-18(17)22(3,14-16)21(23)26/h15-20,25H,6-14H2,1-5H3,(H2,23,26)/t16-,17-,18-,19-,20+,22+/m1/s1. The number of nitrogens with zero attached hydrogens (tertiary/aromatic N) is 1. The molecule has 29 heavy (non-hydrogen) atoms. The molecule has 0 heterocycles. The van der Waals surface area contributed by atoms with Gasteiger partial charge in [0, 0.05) is 33.2 Å². The molecule has 0 aromatic heterocycles. The summed E-state index contributed by atoms with van der Waals surface area (Å²) < 4.78 is 17.9. The second kappa shape index (κ2) is 11.0. The topological polar surface area (TPSA) is 94.2 Å². The van der Waals surface area contributed by atoms with Crippen molar-refractivity contribution in [1.82, 2.24) is 4.90 Å². The van der Waals surface area contributed by atoms with Gasteiger partial charge in [0.05, 0.1) is 36.9 Å². The zero-order chi connectivity index (χ0) is 21.6. The van der Waals surface area contributed by atoms with Gasteiger partial charge < -0.3 is 30.0 Å². The van der Waals surface area contributed by atoms with Crippen molar-refractivity contribution in [3.05, 3.63) is 0 Å². The number of primary amides is 1. The van der Waals surface area contributed by atoms with Gasteiger partial charge in [-0.15, -0.1) is 0 Å². The SMILES string of the molecule is COCCN(C)CCO[C@H]1C[C@@H](O[C@H](CCO)C(C)C)C[C@](C)(C(N)=O)[C@@H]2C[C@@H]12. The van der Waals surface area contributed by atoms with E-state index in [1.165, 1.54) is 0 Å². The van der Waals surface area contributed by atoms with E-state index < -0.39 is 5.41 Å². The Hall–Kier alpha value is -0.730. The average molecular weight is 415 g/mol. The largest absolute Gasteiger partial charge is 0.396 e. The van der Waals surface area contributed by atoms with Crippen molar-refractivity contribution in [2.24, 2.45) is 28.9 Å². The number of aliphatic hydroxyl groups excluding tert-OH is 1. The molecule has 0 aromatic rings. The number of carbonyl (C=O) groups is 1. The average Bonchev–Trinajstić information content (AvgIpc) is 3.46. The number of hydrogen-bond acceptors (Lipinski definition) is 6. The number of carbonyl (C=O) groups excluding carboxylic acids is 1. The number of amides is 1. The van der Waals surface area contributed by atoms with Crippen molar-refractivity contribution < 1.29 is 24.1 Å². The Kier molecular flexibility index (Phi) is 9.35. The number of hydrogen-bond donors (Lipinski definition) is 2. The van der Waals surface area contributed by atoms with Gasteiger partial charge in [0.2, 0.25) is 5.91 Å². The van der Waals surface area contributed by atoms with Gasteiger partial charge in [-0.25, -0.2) is 0 Å². The second-order valence-electron chi connectivity index (χ2n) is 9.49. The molecule has 6 atom stereocenters. The minimum atomic E-state index is -0.552. The quantitative estimate of drug-likeness (QED) is 0.476. The van der Waals surface area contributed by atoms with E-state index in [1.54, 1.807) is 7.11 Å². The third-order valence-electron chi connectivity index (χ3n) is 6.85. The summed E-state index contributed by atoms with van der Waals surface area (Å²) in [6, 6.07) is 0. The molecule has 0 saturated heterocycles. The molecule has 2 fully saturated rings. The van der Waals surface area contributed by atoms with Crippen LogP contribution >= 0.6 is 0 Å². The number of methoxy groups -OCH3 is 1. The molecule has 0 aliphatic heterocycles. The van der Waals surface area contributed by atoms with E-state index in [1.807, 2.05) is 6.92 Å². The summed E-state index contributed by atoms with van der Waals surface area (Å²) in [5, 5.41) is 9.40. The summed E-state index contributed by atoms with van der Waals surface area (Å²) >= 11 is 0. The van der Waals surface area contributed by atoms with E-state index >= 15 is 0 Å². The molecular weight excluding hydrogens is 372 g/mol. The van der Waals surface area contributed by atoms with Crippen LogP contribution in [0.2, 0.25) is 0 Å². The highest BCUT2D eigenvalue weighted by Crippen LogP contribution is 2.58. The maximum absolute atomic E-state index is 12.3. The molecule has 1 amide bonds. The molecule has 3 N–H and O–H groups in total. The Morgan fingerprint density at radius 3 is 2.55 bits per heavy atom. The lowest BCUT2D eigenvalue weighted by atomic mass is 9.79. The second-order valence-corrected chi connectivity index (χ2v) is 9.49. The van der Waals surface area contributed by atoms with Crippen LogP contribution in [0.1, 0.15) is 46.5 Å². The van der Waals surface area contributed by atoms with Crippen LogP contribution in [0.4, 0.5) is 0 Å². The Morgan fingerprint density at radius 1 is 1.28 bits per heavy atom. The van der Waals surface area contributed by atoms with Crippen LogP contribution in [0.5, 0.6) is 0 Å². The molecule has 0 unspecified atom stereocenters. The van der Waals surface area contributed by atoms with Crippen LogP contribution in [0.25, 0.3) is 0 Å². The fraction of sp³-hybridized carbons (Fsp3) is 0.955. The van der Waals surface area contributed by atoms with E-state index in [2.05, 4.69) is 25.8 Å². The van der Waals surface area contributed by atoms with Gasteiger partial charge >= 0.3 is 0 Å². The first kappa shape index (κ1) is 24.5. The lowest BCUT2D eigenvalue weighted by Crippen LogP contribution is -2.40. The highest BCUT2D eigenvalue weighted by Gasteiger charge is 2.59. The molecule has 7 heteroatoms. The van der Waals surface area contributed by atoms with Crippen LogP contribution in [0.15, 0.2) is 0 Å². The molecule has 0 aromatic carbocycles. The Balaban J connectivity index is 2.02. The minimum absolute atomic E-state index is 0.0302. The van der Waals surface area contributed by atoms with E-state index in [0.717, 1.165) is 25.9 Å². The highest BCUT2D eigenvalue weighted by molar-refractivity contribution is 5.81. The molecule has 0 spiro atoms. The lowest BCUT2D eigenvalue weighted by Gasteiger charge is -2.33. The molecule has 0 bridgehead atoms. The molecule has 0 radical (unpaired) electrons. The predicted octanol–water partition coefficient (Wildman–Crippen LogP) is 1.66. The first-order valence-electron chi connectivity index (χ1n) is 11.1. The summed E-state index contributed by atoms with van der Waals surface area (Å²) in [6.45, 7) is 9.37. The Bertz CT molecular complexity index is 517. The van der Waals surface area contributed by atoms with E-state index in [-0.39, 0.29) is 36.7 Å². The van der Waals surface area contributed by atoms with Gasteiger partial charge in [-0.2, -0.15) is 0 Å². The smallest absolute Gasteiger partial charge is 0.223 e. The molecule has 2 rings (SSSR count). The summed E-state index contributed by atoms with van der Waals surface area (Å²) in [4.78, 5) is 14.5. The predicted molar refractivity (Wildman–Crippen MR) is 112 cm³/mol. The normalized spacial score (nSPS) is 32.8. The van der Waals surface area contributed by atoms with Crippen LogP contribution in [-0.4, -0.2) is 81.3 Å². The van der Waals surface area contributed by atoms with Crippen molar-refractivity contribution in [3.63, 3.8) is 0 Å². The fourth-order valence-electron chi connectivity index (χ4n) is 4.73. The van der Waals surface area contributed by atoms with Crippen molar-refractivity contribution in [2.45, 2.75) is 64.8 Å². The van der Waals surface area contributed by atoms with Crippen LogP contribution < -0.4 is 5.73 Å². The first-order chi connectivity index (χ1) is 13.7. The molecule has 2 aliphatic rings. The van der Waals surface area contributed by atoms with E-state index in [9.17, 15) is 9.90 Å². The van der Waals surface area contributed by atoms with Crippen LogP contribution in [0.3, 0.4) is 0 Å². The Labute approximate surface area is 176 Å². The van der Waals surface area contributed by atoms with Crippen LogP contribution in [-0.2, 0) is 19.0 Å². The number of nitrogens with two attached hydrogens (primary N) is 1. The number of likely N-dealkylation sites (N-methyl/N-ethyl adjacent to an activating group) is 1. The van der Waals surface area contributed by atoms with Gasteiger partial charge in [0.25, 0.3) is 0 Å². The Morgan fingerprint density at radius 2 is 1.97 bits per heavy atom. The zero-order valence-electron chi connectivity index (χ0n) is 18.9. The number of rotatable bonds is 13. The maximum atomic E-state index is 12.3. The number of aliphatic hydroxyl groups is 1. The van der Waals surface area contributed by atoms with E-state index in [0.29, 0.717) is 37.9 Å². The maximum Gasteiger partial charge on any atom is 0.223 e. The van der Waals surface area contributed by atoms with Gasteiger partial charge in [0.15, 0.2) is 0 Å². The molecule has 170 valence electrons. The highest BCUT2D eigenvalue weighted by atomic mass is 16.5. The van der Waals surface area contributed by atoms with Gasteiger partial charge in [-0.1, -0.05) is 20.8 Å². The van der Waals surface area contributed by atoms with Crippen molar-refractivity contribution in [2.75, 3.05) is 47.1 Å². The fourth-order valence-corrected chi connectivity index (χ4v) is 4.73. The zero-order valence-corrected chi connectivity index (χ0v) is 18.9. The summed E-state index contributed by atoms with van der Waals surface area (Å²) in [5.41, 5.74) is 5.29. The molecule has 7 nitrogen and oxygen atoms in total. The number of fused-ring (bicyclic) bond motifs is 1. The number of ether oxygens (including phenoxy) is 3. The van der Waals surface area contributed by atoms with Gasteiger partial charge in [-0.3, -0.25) is 4.79 Å². The van der Waals surface area contributed by atoms with Gasteiger partial charge in [-0.05, 0) is 44.1 Å². The lowest BCUT2D eigenvalue weighted by molar-refractivity contribution is -0.132. The summed E-state index contributed by atoms with van der Waals surface area (Å²) in [6.07, 6.45) is 2.98. The summed E-state index contributed by atoms with van der Waals surface area (Å²) in [7, 11) is 3.77. The monoisotopic (exact) mass is 414 g/mol. The van der Waals surface area contributed by atoms with Crippen molar-refractivity contribution in [1.29, 1.82) is 0 Å². The summed E-state index contributed by atoms with van der Waals surface area (Å²) in [5.74, 6) is 0.719. The first-order valence-corrected chi connectivity index (χ1v) is 11.1. The minimum Gasteiger partial charge on any atom is -0.396 e. The molecule has 2 aliphatic carbocycles. The van der Waals surface area contributed by atoms with E-state index in [4.69, 9.17) is 19.9 Å². The van der Waals surface area contributed by atoms with Crippen molar-refractivity contribution in [3.8, 4) is 0 Å². The third kappa shape index (κ3) is 6.62. The van der Waals surface area contributed by atoms with Crippen LogP contribution in [0, 0.1) is 23.2 Å². The van der Waals surface area contributed by atoms with Crippen molar-refractivity contribution >= 4 is 5.91 Å². The third-order valence-corrected chi connectivity index (χ3v) is 6.85. The molecular formula is C22H42N2O5. The molecule has 2 saturated carbocycles.